The number of carbonyl (C=O) groups excluding carboxylic acids is 1. The molecule has 1 saturated heterocycles. The first-order valence-electron chi connectivity index (χ1n) is 7.63. The molecule has 0 spiro atoms. The molecule has 6 heteroatoms. The lowest BCUT2D eigenvalue weighted by Gasteiger charge is -2.17. The van der Waals surface area contributed by atoms with Gasteiger partial charge in [-0.1, -0.05) is 24.3 Å². The molecule has 0 unspecified atom stereocenters. The Balaban J connectivity index is 1.73. The third-order valence-corrected chi connectivity index (χ3v) is 5.98. The number of hydrogen-bond donors (Lipinski definition) is 2. The highest BCUT2D eigenvalue weighted by atomic mass is 32.2. The Morgan fingerprint density at radius 2 is 2.09 bits per heavy atom. The number of aryl methyl sites for hydroxylation is 1. The van der Waals surface area contributed by atoms with Gasteiger partial charge in [0.25, 0.3) is 0 Å². The van der Waals surface area contributed by atoms with Crippen LogP contribution in [0, 0.1) is 12.8 Å². The summed E-state index contributed by atoms with van der Waals surface area (Å²) in [5.74, 6) is 0.406. The van der Waals surface area contributed by atoms with Crippen molar-refractivity contribution in [1.29, 1.82) is 0 Å². The van der Waals surface area contributed by atoms with Crippen LogP contribution in [-0.2, 0) is 14.6 Å². The van der Waals surface area contributed by atoms with Gasteiger partial charge >= 0.3 is 0 Å². The number of benzene rings is 1. The first-order chi connectivity index (χ1) is 10.4. The van der Waals surface area contributed by atoms with Gasteiger partial charge < -0.3 is 10.6 Å². The highest BCUT2D eigenvalue weighted by Crippen LogP contribution is 2.17. The topological polar surface area (TPSA) is 75.3 Å². The molecule has 0 radical (unpaired) electrons. The molecule has 5 nitrogen and oxygen atoms in total. The Morgan fingerprint density at radius 1 is 1.36 bits per heavy atom. The molecule has 1 heterocycles. The standard InChI is InChI=1S/C16H24N2O3S/c1-12-5-3-4-6-15(12)13(2)17-10-16(19)18-9-14-7-8-22(20,21)11-14/h3-6,13-14,17H,7-11H2,1-2H3,(H,18,19)/t13-,14-/m0/s1. The Labute approximate surface area is 132 Å². The molecule has 0 bridgehead atoms. The number of nitrogens with one attached hydrogen (secondary N) is 2. The number of carbonyl (C=O) groups is 1. The summed E-state index contributed by atoms with van der Waals surface area (Å²) in [6, 6.07) is 8.18. The zero-order valence-corrected chi connectivity index (χ0v) is 13.9. The first-order valence-corrected chi connectivity index (χ1v) is 9.45. The van der Waals surface area contributed by atoms with Crippen LogP contribution in [-0.4, -0.2) is 38.9 Å². The molecule has 1 fully saturated rings. The van der Waals surface area contributed by atoms with E-state index in [0.29, 0.717) is 13.0 Å². The summed E-state index contributed by atoms with van der Waals surface area (Å²) in [5, 5.41) is 6.02. The van der Waals surface area contributed by atoms with Crippen molar-refractivity contribution < 1.29 is 13.2 Å². The average Bonchev–Trinajstić information content (AvgIpc) is 2.82. The normalized spacial score (nSPS) is 21.5. The fourth-order valence-electron chi connectivity index (χ4n) is 2.78. The van der Waals surface area contributed by atoms with Gasteiger partial charge in [-0.2, -0.15) is 0 Å². The molecular formula is C16H24N2O3S. The quantitative estimate of drug-likeness (QED) is 0.824. The first kappa shape index (κ1) is 17.0. The monoisotopic (exact) mass is 324 g/mol. The van der Waals surface area contributed by atoms with Crippen molar-refractivity contribution >= 4 is 15.7 Å². The predicted molar refractivity (Wildman–Crippen MR) is 87.4 cm³/mol. The summed E-state index contributed by atoms with van der Waals surface area (Å²) < 4.78 is 22.7. The zero-order chi connectivity index (χ0) is 16.2. The average molecular weight is 324 g/mol. The molecule has 2 N–H and O–H groups in total. The van der Waals surface area contributed by atoms with Crippen LogP contribution in [0.4, 0.5) is 0 Å². The lowest BCUT2D eigenvalue weighted by molar-refractivity contribution is -0.120. The van der Waals surface area contributed by atoms with Crippen molar-refractivity contribution in [2.24, 2.45) is 5.92 Å². The SMILES string of the molecule is Cc1ccccc1[C@H](C)NCC(=O)NC[C@@H]1CCS(=O)(=O)C1. The van der Waals surface area contributed by atoms with Crippen LogP contribution in [0.25, 0.3) is 0 Å². The molecule has 1 amide bonds. The van der Waals surface area contributed by atoms with E-state index in [1.165, 1.54) is 11.1 Å². The maximum absolute atomic E-state index is 11.9. The van der Waals surface area contributed by atoms with E-state index in [9.17, 15) is 13.2 Å². The second-order valence-corrected chi connectivity index (χ2v) is 8.26. The van der Waals surface area contributed by atoms with Crippen LogP contribution < -0.4 is 10.6 Å². The van der Waals surface area contributed by atoms with E-state index in [1.807, 2.05) is 38.1 Å². The van der Waals surface area contributed by atoms with Crippen LogP contribution in [0.5, 0.6) is 0 Å². The number of hydrogen-bond acceptors (Lipinski definition) is 4. The number of amides is 1. The minimum atomic E-state index is -2.88. The van der Waals surface area contributed by atoms with Crippen molar-refractivity contribution in [3.05, 3.63) is 35.4 Å². The Kier molecular flexibility index (Phi) is 5.58. The van der Waals surface area contributed by atoms with Crippen molar-refractivity contribution in [1.82, 2.24) is 10.6 Å². The second kappa shape index (κ2) is 7.24. The largest absolute Gasteiger partial charge is 0.355 e. The molecular weight excluding hydrogens is 300 g/mol. The van der Waals surface area contributed by atoms with Crippen LogP contribution >= 0.6 is 0 Å². The van der Waals surface area contributed by atoms with Crippen molar-refractivity contribution in [2.45, 2.75) is 26.3 Å². The lowest BCUT2D eigenvalue weighted by Crippen LogP contribution is -2.37. The van der Waals surface area contributed by atoms with Gasteiger partial charge in [0.2, 0.25) is 5.91 Å². The highest BCUT2D eigenvalue weighted by molar-refractivity contribution is 7.91. The number of sulfone groups is 1. The summed E-state index contributed by atoms with van der Waals surface area (Å²) in [6.45, 7) is 4.75. The fraction of sp³-hybridized carbons (Fsp3) is 0.562. The molecule has 1 aromatic rings. The van der Waals surface area contributed by atoms with Gasteiger partial charge in [0.1, 0.15) is 0 Å². The molecule has 1 aliphatic rings. The summed E-state index contributed by atoms with van der Waals surface area (Å²) in [5.41, 5.74) is 2.37. The maximum Gasteiger partial charge on any atom is 0.233 e. The Hall–Kier alpha value is -1.40. The zero-order valence-electron chi connectivity index (χ0n) is 13.1. The molecule has 1 aliphatic heterocycles. The van der Waals surface area contributed by atoms with Gasteiger partial charge in [-0.25, -0.2) is 8.42 Å². The Bertz CT molecular complexity index is 628. The highest BCUT2D eigenvalue weighted by Gasteiger charge is 2.27. The van der Waals surface area contributed by atoms with Gasteiger partial charge in [-0.15, -0.1) is 0 Å². The van der Waals surface area contributed by atoms with Gasteiger partial charge in [0, 0.05) is 12.6 Å². The number of rotatable bonds is 6. The van der Waals surface area contributed by atoms with E-state index < -0.39 is 9.84 Å². The van der Waals surface area contributed by atoms with Crippen LogP contribution in [0.2, 0.25) is 0 Å². The van der Waals surface area contributed by atoms with E-state index in [0.717, 1.165) is 0 Å². The molecule has 22 heavy (non-hydrogen) atoms. The van der Waals surface area contributed by atoms with Crippen LogP contribution in [0.15, 0.2) is 24.3 Å². The smallest absolute Gasteiger partial charge is 0.233 e. The van der Waals surface area contributed by atoms with Crippen molar-refractivity contribution in [2.75, 3.05) is 24.6 Å². The van der Waals surface area contributed by atoms with Crippen LogP contribution in [0.3, 0.4) is 0 Å². The molecule has 1 aromatic carbocycles. The Morgan fingerprint density at radius 3 is 2.73 bits per heavy atom. The van der Waals surface area contributed by atoms with Crippen LogP contribution in [0.1, 0.15) is 30.5 Å². The molecule has 0 aliphatic carbocycles. The van der Waals surface area contributed by atoms with E-state index in [1.54, 1.807) is 0 Å². The van der Waals surface area contributed by atoms with Gasteiger partial charge in [0.05, 0.1) is 18.1 Å². The third kappa shape index (κ3) is 4.81. The molecule has 122 valence electrons. The minimum absolute atomic E-state index is 0.0581. The molecule has 0 saturated carbocycles. The van der Waals surface area contributed by atoms with Crippen molar-refractivity contribution in [3.8, 4) is 0 Å². The van der Waals surface area contributed by atoms with E-state index in [-0.39, 0.29) is 35.9 Å². The minimum Gasteiger partial charge on any atom is -0.355 e. The second-order valence-electron chi connectivity index (χ2n) is 6.03. The van der Waals surface area contributed by atoms with E-state index in [4.69, 9.17) is 0 Å². The van der Waals surface area contributed by atoms with Gasteiger partial charge in [0.15, 0.2) is 9.84 Å². The van der Waals surface area contributed by atoms with Gasteiger partial charge in [-0.05, 0) is 37.3 Å². The fourth-order valence-corrected chi connectivity index (χ4v) is 4.64. The molecule has 2 atom stereocenters. The molecule has 0 aromatic heterocycles. The van der Waals surface area contributed by atoms with Crippen molar-refractivity contribution in [3.63, 3.8) is 0 Å². The summed E-state index contributed by atoms with van der Waals surface area (Å²) in [4.78, 5) is 11.9. The predicted octanol–water partition coefficient (Wildman–Crippen LogP) is 1.20. The molecule has 2 rings (SSSR count). The summed E-state index contributed by atoms with van der Waals surface area (Å²) >= 11 is 0. The maximum atomic E-state index is 11.9. The van der Waals surface area contributed by atoms with E-state index in [2.05, 4.69) is 10.6 Å². The van der Waals surface area contributed by atoms with Gasteiger partial charge in [-0.3, -0.25) is 4.79 Å². The lowest BCUT2D eigenvalue weighted by atomic mass is 10.0. The van der Waals surface area contributed by atoms with E-state index >= 15 is 0 Å². The summed E-state index contributed by atoms with van der Waals surface area (Å²) in [7, 11) is -2.88. The third-order valence-electron chi connectivity index (χ3n) is 4.14. The summed E-state index contributed by atoms with van der Waals surface area (Å²) in [6.07, 6.45) is 0.648.